The molecular weight excluding hydrogens is 902 g/mol. The van der Waals surface area contributed by atoms with Crippen LogP contribution in [0, 0.1) is 27.7 Å². The van der Waals surface area contributed by atoms with Gasteiger partial charge in [-0.2, -0.15) is 0 Å². The quantitative estimate of drug-likeness (QED) is 0.0779. The highest BCUT2D eigenvalue weighted by Crippen LogP contribution is 2.55. The van der Waals surface area contributed by atoms with Crippen LogP contribution < -0.4 is 0 Å². The number of halogens is 4. The van der Waals surface area contributed by atoms with Crippen molar-refractivity contribution in [2.24, 2.45) is 0 Å². The molecule has 0 fully saturated rings. The third-order valence-electron chi connectivity index (χ3n) is 14.1. The molecule has 1 aliphatic heterocycles. The van der Waals surface area contributed by atoms with Gasteiger partial charge < -0.3 is 23.0 Å². The van der Waals surface area contributed by atoms with Gasteiger partial charge >= 0.3 is 5.97 Å². The molecule has 0 atom stereocenters. The number of aromatic nitrogens is 4. The number of ether oxygens (including phenoxy) is 1. The van der Waals surface area contributed by atoms with Gasteiger partial charge in [0.05, 0.1) is 25.7 Å². The lowest BCUT2D eigenvalue weighted by molar-refractivity contribution is 0.0300. The Bertz CT molecular complexity index is 3210. The number of hydrogen-bond acceptors (Lipinski definition) is 2. The van der Waals surface area contributed by atoms with Crippen LogP contribution in [0.4, 0.5) is 0 Å². The molecule has 0 N–H and O–H groups in total. The highest BCUT2D eigenvalue weighted by Gasteiger charge is 2.49. The zero-order valence-corrected chi connectivity index (χ0v) is 41.4. The molecule has 0 bridgehead atoms. The number of hydrogen-bond donors (Lipinski definition) is 0. The summed E-state index contributed by atoms with van der Waals surface area (Å²) in [4.78, 5) is 15.0. The predicted molar refractivity (Wildman–Crippen MR) is 277 cm³/mol. The van der Waals surface area contributed by atoms with E-state index < -0.39 is 11.6 Å². The number of carbonyl (C=O) groups is 1. The number of carbonyl (C=O) groups excluding carboxylic acids is 1. The minimum Gasteiger partial charge on any atom is -0.442 e. The van der Waals surface area contributed by atoms with E-state index in [1.54, 1.807) is 0 Å². The smallest absolute Gasteiger partial charge is 0.341 e. The Labute approximate surface area is 405 Å². The molecule has 0 radical (unpaired) electrons. The summed E-state index contributed by atoms with van der Waals surface area (Å²) in [6.07, 6.45) is 4.24. The van der Waals surface area contributed by atoms with Crippen LogP contribution in [0.3, 0.4) is 0 Å². The maximum atomic E-state index is 15.0. The minimum absolute atomic E-state index is 0.00400. The van der Waals surface area contributed by atoms with Crippen LogP contribution in [0.1, 0.15) is 88.6 Å². The van der Waals surface area contributed by atoms with Gasteiger partial charge in [0.15, 0.2) is 5.60 Å². The van der Waals surface area contributed by atoms with Crippen LogP contribution in [0.5, 0.6) is 0 Å². The van der Waals surface area contributed by atoms with E-state index >= 15 is 4.79 Å². The van der Waals surface area contributed by atoms with Crippen molar-refractivity contribution in [1.29, 1.82) is 0 Å². The maximum absolute atomic E-state index is 15.0. The van der Waals surface area contributed by atoms with Crippen LogP contribution in [0.2, 0.25) is 20.1 Å². The van der Waals surface area contributed by atoms with E-state index in [0.717, 1.165) is 126 Å². The summed E-state index contributed by atoms with van der Waals surface area (Å²) in [5, 5.41) is 4.42. The summed E-state index contributed by atoms with van der Waals surface area (Å²) in [5.41, 5.74) is 13.3. The number of para-hydroxylation sites is 4. The lowest BCUT2D eigenvalue weighted by Crippen LogP contribution is -2.23. The van der Waals surface area contributed by atoms with Gasteiger partial charge in [0.25, 0.3) is 0 Å². The Morgan fingerprint density at radius 1 is 0.470 bits per heavy atom. The lowest BCUT2D eigenvalue weighted by atomic mass is 9.81. The Kier molecular flexibility index (Phi) is 11.1. The SMILES string of the molecule is CCn1c(C)c(C(=CC2(C=C(c3c(C)n(CC)c4ccccc34)c3c(C)n(CC)c4ccccc34)OC(=O)c3c(Cl)c(Cl)c(Cl)c(Cl)c32)c2c(C)n(CC)c3ccccc23)c2ccccc21. The molecule has 10 rings (SSSR count). The topological polar surface area (TPSA) is 46.0 Å². The molecule has 0 saturated carbocycles. The van der Waals surface area contributed by atoms with Crippen molar-refractivity contribution < 1.29 is 9.53 Å². The molecule has 0 aliphatic carbocycles. The molecule has 1 aliphatic rings. The molecular formula is C56H50Cl4N4O2. The summed E-state index contributed by atoms with van der Waals surface area (Å²) >= 11 is 28.7. The first-order valence-corrected chi connectivity index (χ1v) is 24.2. The van der Waals surface area contributed by atoms with E-state index in [1.165, 1.54) is 0 Å². The summed E-state index contributed by atoms with van der Waals surface area (Å²) < 4.78 is 16.5. The molecule has 5 aromatic carbocycles. The highest BCUT2D eigenvalue weighted by atomic mass is 35.5. The number of fused-ring (bicyclic) bond motifs is 5. The van der Waals surface area contributed by atoms with Crippen molar-refractivity contribution in [3.05, 3.63) is 185 Å². The van der Waals surface area contributed by atoms with Crippen molar-refractivity contribution in [3.8, 4) is 0 Å². The van der Waals surface area contributed by atoms with Gasteiger partial charge in [-0.3, -0.25) is 0 Å². The number of esters is 1. The molecule has 6 nitrogen and oxygen atoms in total. The van der Waals surface area contributed by atoms with Gasteiger partial charge in [-0.25, -0.2) is 4.79 Å². The predicted octanol–water partition coefficient (Wildman–Crippen LogP) is 16.1. The van der Waals surface area contributed by atoms with Gasteiger partial charge in [0, 0.05) is 120 Å². The van der Waals surface area contributed by atoms with Gasteiger partial charge in [0.2, 0.25) is 0 Å². The Morgan fingerprint density at radius 3 is 1.06 bits per heavy atom. The van der Waals surface area contributed by atoms with Crippen LogP contribution >= 0.6 is 46.4 Å². The fourth-order valence-corrected chi connectivity index (χ4v) is 12.4. The molecule has 0 saturated heterocycles. The molecule has 5 heterocycles. The van der Waals surface area contributed by atoms with E-state index in [1.807, 2.05) is 0 Å². The Hall–Kier alpha value is -5.63. The average molecular weight is 953 g/mol. The van der Waals surface area contributed by atoms with E-state index in [9.17, 15) is 0 Å². The average Bonchev–Trinajstić information content (AvgIpc) is 4.05. The molecule has 0 unspecified atom stereocenters. The molecule has 9 aromatic rings. The first-order valence-electron chi connectivity index (χ1n) is 22.7. The fraction of sp³-hybridized carbons (Fsp3) is 0.232. The first kappa shape index (κ1) is 44.2. The van der Waals surface area contributed by atoms with Gasteiger partial charge in [-0.05, 0) is 103 Å². The second kappa shape index (κ2) is 16.6. The lowest BCUT2D eigenvalue weighted by Gasteiger charge is -2.28. The Balaban J connectivity index is 1.48. The second-order valence-corrected chi connectivity index (χ2v) is 18.7. The molecule has 0 spiro atoms. The monoisotopic (exact) mass is 950 g/mol. The maximum Gasteiger partial charge on any atom is 0.341 e. The number of nitrogens with zero attached hydrogens (tertiary/aromatic N) is 4. The molecule has 4 aromatic heterocycles. The minimum atomic E-state index is -1.71. The van der Waals surface area contributed by atoms with E-state index in [2.05, 4.69) is 183 Å². The van der Waals surface area contributed by atoms with E-state index in [0.29, 0.717) is 5.56 Å². The molecule has 66 heavy (non-hydrogen) atoms. The van der Waals surface area contributed by atoms with Crippen LogP contribution in [0.25, 0.3) is 54.8 Å². The van der Waals surface area contributed by atoms with Crippen LogP contribution in [-0.2, 0) is 36.5 Å². The van der Waals surface area contributed by atoms with Crippen molar-refractivity contribution in [3.63, 3.8) is 0 Å². The summed E-state index contributed by atoms with van der Waals surface area (Å²) in [6.45, 7) is 20.4. The second-order valence-electron chi connectivity index (χ2n) is 17.2. The number of cyclic esters (lactones) is 1. The number of benzene rings is 5. The number of aryl methyl sites for hydroxylation is 4. The Morgan fingerprint density at radius 2 is 0.758 bits per heavy atom. The van der Waals surface area contributed by atoms with Crippen LogP contribution in [-0.4, -0.2) is 24.2 Å². The zero-order chi connectivity index (χ0) is 46.5. The molecule has 334 valence electrons. The molecule has 10 heteroatoms. The largest absolute Gasteiger partial charge is 0.442 e. The van der Waals surface area contributed by atoms with E-state index in [4.69, 9.17) is 51.1 Å². The van der Waals surface area contributed by atoms with Crippen molar-refractivity contribution >= 4 is 107 Å². The van der Waals surface area contributed by atoms with Gasteiger partial charge in [-0.15, -0.1) is 0 Å². The third-order valence-corrected chi connectivity index (χ3v) is 15.9. The van der Waals surface area contributed by atoms with Crippen LogP contribution in [0.15, 0.2) is 109 Å². The van der Waals surface area contributed by atoms with Crippen molar-refractivity contribution in [1.82, 2.24) is 18.3 Å². The normalized spacial score (nSPS) is 13.4. The third kappa shape index (κ3) is 6.25. The zero-order valence-electron chi connectivity index (χ0n) is 38.3. The summed E-state index contributed by atoms with van der Waals surface area (Å²) in [6, 6.07) is 34.1. The molecule has 0 amide bonds. The van der Waals surface area contributed by atoms with Gasteiger partial charge in [0.1, 0.15) is 0 Å². The number of rotatable bonds is 10. The standard InChI is InChI=1S/C56H50Cl4N4O2/c1-9-61-31(5)45(35-21-13-17-25-41(35)61)39(46-32(6)62(10-2)42-26-18-14-22-36(42)46)29-56(50-49(55(65)66-56)51(57)53(59)54(60)52(50)58)30-40(47-33(7)63(11-3)43-27-19-15-23-37(43)47)48-34(8)64(12-4)44-28-20-16-24-38(44)48/h13-30H,9-12H2,1-8H3. The summed E-state index contributed by atoms with van der Waals surface area (Å²) in [5.74, 6) is -0.650. The highest BCUT2D eigenvalue weighted by molar-refractivity contribution is 6.53. The van der Waals surface area contributed by atoms with Crippen molar-refractivity contribution in [2.45, 2.75) is 87.2 Å². The first-order chi connectivity index (χ1) is 31.8. The van der Waals surface area contributed by atoms with E-state index in [-0.39, 0.29) is 25.7 Å². The van der Waals surface area contributed by atoms with Gasteiger partial charge in [-0.1, -0.05) is 119 Å². The summed E-state index contributed by atoms with van der Waals surface area (Å²) in [7, 11) is 0. The fourth-order valence-electron chi connectivity index (χ4n) is 11.4. The van der Waals surface area contributed by atoms with Crippen molar-refractivity contribution in [2.75, 3.05) is 0 Å².